The molecule has 0 radical (unpaired) electrons. The first-order chi connectivity index (χ1) is 14.0. The van der Waals surface area contributed by atoms with Crippen molar-refractivity contribution in [3.8, 4) is 5.75 Å². The van der Waals surface area contributed by atoms with Crippen LogP contribution < -0.4 is 5.63 Å². The van der Waals surface area contributed by atoms with E-state index in [1.54, 1.807) is 12.1 Å². The van der Waals surface area contributed by atoms with Gasteiger partial charge in [-0.15, -0.1) is 0 Å². The van der Waals surface area contributed by atoms with E-state index in [-0.39, 0.29) is 23.7 Å². The molecule has 0 aliphatic heterocycles. The molecule has 2 aromatic carbocycles. The molecule has 2 aromatic heterocycles. The number of hydrogen-bond acceptors (Lipinski definition) is 8. The van der Waals surface area contributed by atoms with Crippen LogP contribution in [0.15, 0.2) is 61.3 Å². The predicted molar refractivity (Wildman–Crippen MR) is 108 cm³/mol. The van der Waals surface area contributed by atoms with Gasteiger partial charge in [0.1, 0.15) is 29.2 Å². The zero-order valence-corrected chi connectivity index (χ0v) is 16.3. The van der Waals surface area contributed by atoms with Gasteiger partial charge in [0.15, 0.2) is 5.58 Å². The predicted octanol–water partition coefficient (Wildman–Crippen LogP) is 4.04. The molecule has 1 N–H and O–H groups in total. The van der Waals surface area contributed by atoms with Crippen LogP contribution in [0.5, 0.6) is 5.75 Å². The van der Waals surface area contributed by atoms with Crippen LogP contribution >= 0.6 is 11.8 Å². The number of ether oxygens (including phenoxy) is 1. The van der Waals surface area contributed by atoms with Crippen molar-refractivity contribution < 1.29 is 23.5 Å². The minimum atomic E-state index is -0.576. The topological polar surface area (TPSA) is 103 Å². The molecule has 4 rings (SSSR count). The molecule has 0 amide bonds. The van der Waals surface area contributed by atoms with Crippen molar-refractivity contribution in [3.63, 3.8) is 0 Å². The summed E-state index contributed by atoms with van der Waals surface area (Å²) < 4.78 is 16.0. The first-order valence-corrected chi connectivity index (χ1v) is 9.94. The molecule has 0 bridgehead atoms. The lowest BCUT2D eigenvalue weighted by atomic mass is 10.0. The second-order valence-corrected chi connectivity index (χ2v) is 7.24. The van der Waals surface area contributed by atoms with Crippen molar-refractivity contribution in [2.45, 2.75) is 25.2 Å². The van der Waals surface area contributed by atoms with Gasteiger partial charge in [-0.05, 0) is 30.2 Å². The van der Waals surface area contributed by atoms with E-state index >= 15 is 0 Å². The third-order valence-electron chi connectivity index (χ3n) is 4.39. The maximum Gasteiger partial charge on any atom is 0.336 e. The number of carbonyl (C=O) groups is 1. The van der Waals surface area contributed by atoms with Crippen LogP contribution in [0.1, 0.15) is 18.1 Å². The van der Waals surface area contributed by atoms with Gasteiger partial charge in [0, 0.05) is 23.1 Å². The van der Waals surface area contributed by atoms with Crippen LogP contribution in [-0.4, -0.2) is 21.8 Å². The Kier molecular flexibility index (Phi) is 5.26. The van der Waals surface area contributed by atoms with E-state index in [1.807, 2.05) is 25.1 Å². The number of rotatable bonds is 6. The number of nitrogens with zero attached hydrogens (tertiary/aromatic N) is 1. The molecule has 0 saturated carbocycles. The Morgan fingerprint density at radius 2 is 1.97 bits per heavy atom. The Bertz CT molecular complexity index is 1230. The molecule has 0 spiro atoms. The number of aromatic hydroxyl groups is 1. The second kappa shape index (κ2) is 8.00. The number of fused-ring (bicyclic) bond motifs is 2. The van der Waals surface area contributed by atoms with E-state index in [0.29, 0.717) is 33.7 Å². The number of benzene rings is 2. The van der Waals surface area contributed by atoms with Gasteiger partial charge >= 0.3 is 11.6 Å². The summed E-state index contributed by atoms with van der Waals surface area (Å²) in [6.07, 6.45) is 0.612. The standard InChI is InChI=1S/C21H17NO6S/c1-2-12-7-14-13(8-19(24)27-18(14)9-16(12)23)10-26-20(25)11-29-21-22-15-5-3-4-6-17(15)28-21/h3-9,23H,2,10-11H2,1H3. The molecule has 8 heteroatoms. The van der Waals surface area contributed by atoms with Crippen molar-refractivity contribution in [2.24, 2.45) is 0 Å². The van der Waals surface area contributed by atoms with Crippen LogP contribution in [0.3, 0.4) is 0 Å². The lowest BCUT2D eigenvalue weighted by molar-refractivity contribution is -0.141. The molecular formula is C21H17NO6S. The van der Waals surface area contributed by atoms with Crippen LogP contribution in [-0.2, 0) is 22.6 Å². The summed E-state index contributed by atoms with van der Waals surface area (Å²) in [6, 6.07) is 11.8. The van der Waals surface area contributed by atoms with Gasteiger partial charge in [-0.3, -0.25) is 4.79 Å². The Balaban J connectivity index is 1.45. The van der Waals surface area contributed by atoms with Crippen LogP contribution in [0, 0.1) is 0 Å². The molecule has 0 unspecified atom stereocenters. The van der Waals surface area contributed by atoms with Gasteiger partial charge in [0.25, 0.3) is 5.22 Å². The smallest absolute Gasteiger partial charge is 0.336 e. The van der Waals surface area contributed by atoms with Crippen molar-refractivity contribution in [1.29, 1.82) is 0 Å². The normalized spacial score (nSPS) is 11.2. The summed E-state index contributed by atoms with van der Waals surface area (Å²) in [6.45, 7) is 1.83. The Labute approximate surface area is 169 Å². The lowest BCUT2D eigenvalue weighted by Crippen LogP contribution is -2.09. The zero-order valence-electron chi connectivity index (χ0n) is 15.5. The third-order valence-corrected chi connectivity index (χ3v) is 5.19. The first-order valence-electron chi connectivity index (χ1n) is 8.96. The highest BCUT2D eigenvalue weighted by atomic mass is 32.2. The van der Waals surface area contributed by atoms with Crippen LogP contribution in [0.4, 0.5) is 0 Å². The summed E-state index contributed by atoms with van der Waals surface area (Å²) in [7, 11) is 0. The average Bonchev–Trinajstić information content (AvgIpc) is 3.13. The van der Waals surface area contributed by atoms with Gasteiger partial charge < -0.3 is 18.7 Å². The van der Waals surface area contributed by atoms with Crippen molar-refractivity contribution in [3.05, 3.63) is 64.0 Å². The minimum absolute atomic E-state index is 0.0210. The molecule has 0 aliphatic carbocycles. The monoisotopic (exact) mass is 411 g/mol. The highest BCUT2D eigenvalue weighted by Gasteiger charge is 2.13. The van der Waals surface area contributed by atoms with Gasteiger partial charge in [0.2, 0.25) is 0 Å². The molecular weight excluding hydrogens is 394 g/mol. The molecule has 29 heavy (non-hydrogen) atoms. The fourth-order valence-corrected chi connectivity index (χ4v) is 3.58. The number of thioether (sulfide) groups is 1. The van der Waals surface area contributed by atoms with E-state index in [1.165, 1.54) is 12.1 Å². The second-order valence-electron chi connectivity index (χ2n) is 6.32. The summed E-state index contributed by atoms with van der Waals surface area (Å²) in [5.74, 6) is -0.382. The Morgan fingerprint density at radius 3 is 2.76 bits per heavy atom. The molecule has 148 valence electrons. The lowest BCUT2D eigenvalue weighted by Gasteiger charge is -2.09. The highest BCUT2D eigenvalue weighted by molar-refractivity contribution is 7.99. The molecule has 7 nitrogen and oxygen atoms in total. The highest BCUT2D eigenvalue weighted by Crippen LogP contribution is 2.27. The number of esters is 1. The quantitative estimate of drug-likeness (QED) is 0.288. The van der Waals surface area contributed by atoms with Crippen molar-refractivity contribution >= 4 is 39.8 Å². The van der Waals surface area contributed by atoms with E-state index in [0.717, 1.165) is 17.3 Å². The minimum Gasteiger partial charge on any atom is -0.508 e. The average molecular weight is 411 g/mol. The van der Waals surface area contributed by atoms with E-state index in [2.05, 4.69) is 4.98 Å². The molecule has 2 heterocycles. The maximum absolute atomic E-state index is 12.1. The Morgan fingerprint density at radius 1 is 1.14 bits per heavy atom. The summed E-state index contributed by atoms with van der Waals surface area (Å²) in [5, 5.41) is 11.0. The number of hydrogen-bond donors (Lipinski definition) is 1. The number of oxazole rings is 1. The molecule has 0 atom stereocenters. The van der Waals surface area contributed by atoms with E-state index in [9.17, 15) is 14.7 Å². The number of para-hydroxylation sites is 2. The molecule has 0 saturated heterocycles. The van der Waals surface area contributed by atoms with Gasteiger partial charge in [-0.2, -0.15) is 0 Å². The SMILES string of the molecule is CCc1cc2c(COC(=O)CSc3nc4ccccc4o3)cc(=O)oc2cc1O. The van der Waals surface area contributed by atoms with Gasteiger partial charge in [0.05, 0.1) is 0 Å². The van der Waals surface area contributed by atoms with E-state index in [4.69, 9.17) is 13.6 Å². The van der Waals surface area contributed by atoms with E-state index < -0.39 is 11.6 Å². The number of carbonyl (C=O) groups excluding carboxylic acids is 1. The fourth-order valence-electron chi connectivity index (χ4n) is 2.94. The first kappa shape index (κ1) is 19.1. The maximum atomic E-state index is 12.1. The molecule has 0 aliphatic rings. The van der Waals surface area contributed by atoms with Crippen LogP contribution in [0.2, 0.25) is 0 Å². The number of aryl methyl sites for hydroxylation is 1. The number of aromatic nitrogens is 1. The van der Waals surface area contributed by atoms with Gasteiger partial charge in [-0.1, -0.05) is 30.8 Å². The molecule has 0 fully saturated rings. The largest absolute Gasteiger partial charge is 0.508 e. The van der Waals surface area contributed by atoms with Crippen molar-refractivity contribution in [1.82, 2.24) is 4.98 Å². The summed E-state index contributed by atoms with van der Waals surface area (Å²) in [5.41, 5.74) is 2.28. The summed E-state index contributed by atoms with van der Waals surface area (Å²) in [4.78, 5) is 28.2. The fraction of sp³-hybridized carbons (Fsp3) is 0.190. The summed E-state index contributed by atoms with van der Waals surface area (Å²) >= 11 is 1.14. The third kappa shape index (κ3) is 4.12. The van der Waals surface area contributed by atoms with Gasteiger partial charge in [-0.25, -0.2) is 9.78 Å². The van der Waals surface area contributed by atoms with Crippen LogP contribution in [0.25, 0.3) is 22.1 Å². The molecule has 4 aromatic rings. The number of phenols is 1. The van der Waals surface area contributed by atoms with Crippen molar-refractivity contribution in [2.75, 3.05) is 5.75 Å². The zero-order chi connectivity index (χ0) is 20.4. The Hall–Kier alpha value is -3.26. The number of phenolic OH excluding ortho intramolecular Hbond substituents is 1.